The molecule has 1 atom stereocenters. The molecule has 6 aromatic rings. The molecule has 0 radical (unpaired) electrons. The number of halogens is 1. The Labute approximate surface area is 202 Å². The van der Waals surface area contributed by atoms with E-state index in [1.165, 1.54) is 0 Å². The van der Waals surface area contributed by atoms with E-state index in [4.69, 9.17) is 25.7 Å². The first-order chi connectivity index (χ1) is 17.2. The van der Waals surface area contributed by atoms with Gasteiger partial charge in [0, 0.05) is 23.0 Å². The van der Waals surface area contributed by atoms with E-state index in [9.17, 15) is 4.79 Å². The van der Waals surface area contributed by atoms with Crippen molar-refractivity contribution in [2.24, 2.45) is 0 Å². The molecule has 7 rings (SSSR count). The Hall–Kier alpha value is -4.56. The Balaban J connectivity index is 1.57. The second-order valence-corrected chi connectivity index (χ2v) is 8.56. The molecule has 5 heterocycles. The molecule has 1 unspecified atom stereocenters. The van der Waals surface area contributed by atoms with Crippen molar-refractivity contribution in [3.05, 3.63) is 112 Å². The van der Waals surface area contributed by atoms with Crippen molar-refractivity contribution in [3.8, 4) is 23.0 Å². The zero-order valence-corrected chi connectivity index (χ0v) is 18.7. The van der Waals surface area contributed by atoms with E-state index in [-0.39, 0.29) is 0 Å². The lowest BCUT2D eigenvalue weighted by atomic mass is 9.84. The molecule has 0 bridgehead atoms. The highest BCUT2D eigenvalue weighted by Crippen LogP contribution is 2.49. The van der Waals surface area contributed by atoms with Gasteiger partial charge in [-0.05, 0) is 42.0 Å². The fraction of sp³-hybridized carbons (Fsp3) is 0.0385. The summed E-state index contributed by atoms with van der Waals surface area (Å²) in [6, 6.07) is 18.3. The molecule has 1 aliphatic rings. The van der Waals surface area contributed by atoms with Crippen molar-refractivity contribution in [3.63, 3.8) is 0 Å². The monoisotopic (exact) mass is 479 g/mol. The lowest BCUT2D eigenvalue weighted by molar-refractivity contribution is 0.422. The van der Waals surface area contributed by atoms with Crippen molar-refractivity contribution >= 4 is 28.2 Å². The quantitative estimate of drug-likeness (QED) is 0.313. The minimum absolute atomic E-state index is 0.347. The summed E-state index contributed by atoms with van der Waals surface area (Å²) in [6.45, 7) is 0. The number of rotatable bonds is 2. The van der Waals surface area contributed by atoms with Gasteiger partial charge >= 0.3 is 5.63 Å². The van der Waals surface area contributed by atoms with Gasteiger partial charge in [0.05, 0.1) is 22.4 Å². The van der Waals surface area contributed by atoms with E-state index in [2.05, 4.69) is 15.1 Å². The van der Waals surface area contributed by atoms with Crippen LogP contribution in [0.3, 0.4) is 0 Å². The van der Waals surface area contributed by atoms with Gasteiger partial charge in [-0.25, -0.2) is 19.3 Å². The minimum atomic E-state index is -0.584. The van der Waals surface area contributed by atoms with Crippen molar-refractivity contribution in [1.82, 2.24) is 24.6 Å². The minimum Gasteiger partial charge on any atom is -0.437 e. The van der Waals surface area contributed by atoms with Gasteiger partial charge in [0.2, 0.25) is 5.88 Å². The molecule has 0 N–H and O–H groups in total. The van der Waals surface area contributed by atoms with E-state index in [0.29, 0.717) is 50.2 Å². The molecule has 9 heteroatoms. The van der Waals surface area contributed by atoms with Crippen LogP contribution in [0.2, 0.25) is 5.02 Å². The molecule has 168 valence electrons. The number of hydrogen-bond donors (Lipinski definition) is 0. The maximum atomic E-state index is 13.4. The average Bonchev–Trinajstić information content (AvgIpc) is 3.33. The lowest BCUT2D eigenvalue weighted by Crippen LogP contribution is -2.22. The van der Waals surface area contributed by atoms with Crippen molar-refractivity contribution in [2.75, 3.05) is 0 Å². The normalized spacial score (nSPS) is 14.5. The predicted octanol–water partition coefficient (Wildman–Crippen LogP) is 5.23. The summed E-state index contributed by atoms with van der Waals surface area (Å²) in [5.74, 6) is 0.683. The van der Waals surface area contributed by atoms with Crippen LogP contribution in [0.4, 0.5) is 0 Å². The zero-order valence-electron chi connectivity index (χ0n) is 17.9. The summed E-state index contributed by atoms with van der Waals surface area (Å²) in [6.07, 6.45) is 4.91. The number of aromatic nitrogens is 5. The molecule has 0 saturated heterocycles. The average molecular weight is 480 g/mol. The van der Waals surface area contributed by atoms with Crippen LogP contribution in [0, 0.1) is 0 Å². The standard InChI is InChI=1S/C26H14ClN5O3/c27-16-5-3-4-15(12-16)19-20-22(17-6-1-2-7-18(17)34-26(20)33)35-25-21(19)24-30-23(31-32(24)13-29-25)14-8-10-28-11-9-14/h1-13,19H. The van der Waals surface area contributed by atoms with Crippen molar-refractivity contribution in [2.45, 2.75) is 5.92 Å². The van der Waals surface area contributed by atoms with Gasteiger partial charge in [0.25, 0.3) is 0 Å². The maximum absolute atomic E-state index is 13.4. The van der Waals surface area contributed by atoms with E-state index in [1.54, 1.807) is 35.4 Å². The molecule has 0 fully saturated rings. The van der Waals surface area contributed by atoms with Gasteiger partial charge < -0.3 is 9.15 Å². The predicted molar refractivity (Wildman–Crippen MR) is 129 cm³/mol. The highest BCUT2D eigenvalue weighted by atomic mass is 35.5. The second kappa shape index (κ2) is 7.48. The number of ether oxygens (including phenoxy) is 1. The molecule has 4 aromatic heterocycles. The first-order valence-electron chi connectivity index (χ1n) is 10.8. The van der Waals surface area contributed by atoms with Crippen LogP contribution in [0.1, 0.15) is 22.6 Å². The van der Waals surface area contributed by atoms with Crippen LogP contribution in [0.25, 0.3) is 28.0 Å². The summed E-state index contributed by atoms with van der Waals surface area (Å²) in [7, 11) is 0. The third kappa shape index (κ3) is 3.04. The Morgan fingerprint density at radius 2 is 1.83 bits per heavy atom. The van der Waals surface area contributed by atoms with Gasteiger partial charge in [-0.2, -0.15) is 0 Å². The van der Waals surface area contributed by atoms with Crippen molar-refractivity contribution in [1.29, 1.82) is 0 Å². The van der Waals surface area contributed by atoms with Crippen LogP contribution < -0.4 is 10.4 Å². The molecular formula is C26H14ClN5O3. The Bertz CT molecular complexity index is 1830. The maximum Gasteiger partial charge on any atom is 0.344 e. The third-order valence-corrected chi connectivity index (χ3v) is 6.32. The largest absolute Gasteiger partial charge is 0.437 e. The Morgan fingerprint density at radius 1 is 0.971 bits per heavy atom. The molecule has 1 aliphatic heterocycles. The molecule has 0 aliphatic carbocycles. The number of para-hydroxylation sites is 1. The number of benzene rings is 2. The SMILES string of the molecule is O=c1oc2ccccc2c2c1C(c1cccc(Cl)c1)c1c(ncn3nc(-c4ccncc4)nc13)O2. The van der Waals surface area contributed by atoms with Crippen LogP contribution in [-0.2, 0) is 0 Å². The summed E-state index contributed by atoms with van der Waals surface area (Å²) < 4.78 is 13.6. The van der Waals surface area contributed by atoms with Crippen LogP contribution in [0.5, 0.6) is 11.6 Å². The van der Waals surface area contributed by atoms with Crippen molar-refractivity contribution < 1.29 is 9.15 Å². The van der Waals surface area contributed by atoms with Gasteiger partial charge in [-0.1, -0.05) is 35.9 Å². The first-order valence-corrected chi connectivity index (χ1v) is 11.2. The smallest absolute Gasteiger partial charge is 0.344 e. The summed E-state index contributed by atoms with van der Waals surface area (Å²) in [4.78, 5) is 26.8. The summed E-state index contributed by atoms with van der Waals surface area (Å²) >= 11 is 6.37. The van der Waals surface area contributed by atoms with Gasteiger partial charge in [-0.15, -0.1) is 5.10 Å². The van der Waals surface area contributed by atoms with Gasteiger partial charge in [-0.3, -0.25) is 4.98 Å². The Morgan fingerprint density at radius 3 is 2.69 bits per heavy atom. The van der Waals surface area contributed by atoms with Gasteiger partial charge in [0.15, 0.2) is 17.2 Å². The first kappa shape index (κ1) is 19.9. The second-order valence-electron chi connectivity index (χ2n) is 8.12. The fourth-order valence-corrected chi connectivity index (χ4v) is 4.77. The molecular weight excluding hydrogens is 466 g/mol. The number of hydrogen-bond acceptors (Lipinski definition) is 7. The number of nitrogens with zero attached hydrogens (tertiary/aromatic N) is 5. The van der Waals surface area contributed by atoms with E-state index in [1.807, 2.05) is 48.5 Å². The molecule has 0 amide bonds. The highest BCUT2D eigenvalue weighted by molar-refractivity contribution is 6.30. The van der Waals surface area contributed by atoms with E-state index in [0.717, 1.165) is 11.1 Å². The van der Waals surface area contributed by atoms with E-state index >= 15 is 0 Å². The third-order valence-electron chi connectivity index (χ3n) is 6.08. The molecule has 8 nitrogen and oxygen atoms in total. The Kier molecular flexibility index (Phi) is 4.24. The zero-order chi connectivity index (χ0) is 23.5. The fourth-order valence-electron chi connectivity index (χ4n) is 4.57. The molecule has 2 aromatic carbocycles. The molecule has 0 spiro atoms. The highest BCUT2D eigenvalue weighted by Gasteiger charge is 2.37. The van der Waals surface area contributed by atoms with Gasteiger partial charge in [0.1, 0.15) is 11.9 Å². The van der Waals surface area contributed by atoms with Crippen LogP contribution in [-0.4, -0.2) is 24.6 Å². The van der Waals surface area contributed by atoms with Crippen LogP contribution in [0.15, 0.2) is 88.6 Å². The topological polar surface area (TPSA) is 95.4 Å². The van der Waals surface area contributed by atoms with Crippen LogP contribution >= 0.6 is 11.6 Å². The van der Waals surface area contributed by atoms with E-state index < -0.39 is 11.5 Å². The number of fused-ring (bicyclic) bond motifs is 6. The lowest BCUT2D eigenvalue weighted by Gasteiger charge is -2.27. The summed E-state index contributed by atoms with van der Waals surface area (Å²) in [5, 5.41) is 5.82. The molecule has 0 saturated carbocycles. The summed E-state index contributed by atoms with van der Waals surface area (Å²) in [5.41, 5.74) is 3.02. The molecule has 35 heavy (non-hydrogen) atoms. The number of pyridine rings is 1.